The number of thioether (sulfide) groups is 1. The molecule has 4 amide bonds. The zero-order chi connectivity index (χ0) is 34.6. The van der Waals surface area contributed by atoms with Crippen LogP contribution in [0.15, 0.2) is 51.9 Å². The van der Waals surface area contributed by atoms with E-state index in [0.29, 0.717) is 11.1 Å². The first-order valence-electron chi connectivity index (χ1n) is 15.6. The quantitative estimate of drug-likeness (QED) is 0.157. The van der Waals surface area contributed by atoms with E-state index in [2.05, 4.69) is 10.6 Å². The molecule has 256 valence electrons. The second kappa shape index (κ2) is 16.0. The number of hydrogen-bond donors (Lipinski definition) is 2. The van der Waals surface area contributed by atoms with Gasteiger partial charge >= 0.3 is 65.1 Å². The molecule has 3 aliphatic heterocycles. The van der Waals surface area contributed by atoms with Crippen molar-refractivity contribution < 1.29 is 97.7 Å². The number of carbonyl (C=O) groups is 5. The molecule has 3 fully saturated rings. The molecule has 1 aliphatic carbocycles. The molecule has 14 nitrogen and oxygen atoms in total. The number of urea groups is 1. The normalized spacial score (nSPS) is 19.8. The van der Waals surface area contributed by atoms with Crippen molar-refractivity contribution in [2.45, 2.75) is 36.7 Å². The number of aromatic nitrogens is 1. The number of hydrogen-bond acceptors (Lipinski definition) is 11. The van der Waals surface area contributed by atoms with Gasteiger partial charge in [0, 0.05) is 61.0 Å². The Kier molecular flexibility index (Phi) is 12.3. The average Bonchev–Trinajstić information content (AvgIpc) is 3.80. The van der Waals surface area contributed by atoms with E-state index >= 15 is 4.39 Å². The Labute approximate surface area is 343 Å². The van der Waals surface area contributed by atoms with Crippen LogP contribution in [0.1, 0.15) is 34.1 Å². The Hall–Kier alpha value is -2.90. The van der Waals surface area contributed by atoms with Gasteiger partial charge in [0.15, 0.2) is 5.43 Å². The second-order valence-corrected chi connectivity index (χ2v) is 14.3. The van der Waals surface area contributed by atoms with Gasteiger partial charge in [0.05, 0.1) is 40.8 Å². The van der Waals surface area contributed by atoms with Crippen molar-refractivity contribution in [1.82, 2.24) is 25.0 Å². The number of aromatic carboxylic acids is 1. The number of rotatable bonds is 9. The minimum absolute atomic E-state index is 0. The van der Waals surface area contributed by atoms with Crippen molar-refractivity contribution in [2.24, 2.45) is 0 Å². The topological polar surface area (TPSA) is 187 Å². The number of halogens is 1. The van der Waals surface area contributed by atoms with E-state index in [1.165, 1.54) is 40.3 Å². The zero-order valence-electron chi connectivity index (χ0n) is 27.8. The minimum atomic E-state index is -1.62. The van der Waals surface area contributed by atoms with Gasteiger partial charge < -0.3 is 44.8 Å². The molecule has 4 aliphatic rings. The van der Waals surface area contributed by atoms with Crippen LogP contribution < -0.4 is 90.3 Å². The second-order valence-electron chi connectivity index (χ2n) is 12.2. The Morgan fingerprint density at radius 3 is 2.35 bits per heavy atom. The number of carboxylic acid groups (broad SMARTS) is 2. The number of benzene rings is 1. The molecule has 0 radical (unpaired) electrons. The van der Waals surface area contributed by atoms with Gasteiger partial charge in [-0.15, -0.1) is 23.1 Å². The Balaban J connectivity index is 0.00000252. The molecule has 0 spiro atoms. The van der Waals surface area contributed by atoms with Gasteiger partial charge in [0.1, 0.15) is 17.2 Å². The van der Waals surface area contributed by atoms with Crippen LogP contribution in [0.2, 0.25) is 0 Å². The van der Waals surface area contributed by atoms with Crippen LogP contribution in [0.5, 0.6) is 0 Å². The summed E-state index contributed by atoms with van der Waals surface area (Å²) in [4.78, 5) is 80.1. The average molecular weight is 755 g/mol. The molecule has 1 aromatic carbocycles. The number of pyridine rings is 1. The number of fused-ring (bicyclic) bond motifs is 2. The fourth-order valence-electron chi connectivity index (χ4n) is 6.45. The number of thiophene rings is 1. The van der Waals surface area contributed by atoms with E-state index in [-0.39, 0.29) is 133 Å². The molecule has 5 heterocycles. The summed E-state index contributed by atoms with van der Waals surface area (Å²) in [5, 5.41) is 30.3. The molecular weight excluding hydrogens is 725 g/mol. The van der Waals surface area contributed by atoms with Gasteiger partial charge in [-0.1, -0.05) is 6.07 Å². The van der Waals surface area contributed by atoms with E-state index in [1.54, 1.807) is 9.47 Å². The van der Waals surface area contributed by atoms with Crippen LogP contribution in [0.25, 0.3) is 10.9 Å². The largest absolute Gasteiger partial charge is 1.00 e. The minimum Gasteiger partial charge on any atom is -0.545 e. The van der Waals surface area contributed by atoms with Gasteiger partial charge in [0.2, 0.25) is 5.91 Å². The summed E-state index contributed by atoms with van der Waals surface area (Å²) in [5.74, 6) is -4.58. The Bertz CT molecular complexity index is 2000. The van der Waals surface area contributed by atoms with Crippen LogP contribution in [0.3, 0.4) is 0 Å². The van der Waals surface area contributed by atoms with Crippen molar-refractivity contribution in [2.75, 3.05) is 43.4 Å². The summed E-state index contributed by atoms with van der Waals surface area (Å²) in [6.45, 7) is 0.791. The standard InChI is InChI=1S/C32H31FN6O8S2.2Na/c33-21-11-19-22(38(17-3-4-17)14-20(27(19)41)30(43)44)12-23(21)36-5-7-37(8-6-36)32(47)34-13-16-15-49-29-25(28(42)39(29)26(16)31(45)46)35-24(40)10-18-2-1-9-48-18;;/h1-2,9,11-12,14,17,25,29H,3-8,10,13,15H2,(H,34,47)(H,35,40)(H,43,44)(H,45,46);;/q;2*+1/p-2. The first-order valence-corrected chi connectivity index (χ1v) is 17.5. The SMILES string of the molecule is O=C(Cc1cccs1)NC1C(=O)N2C(C(=O)[O-])=C(CNC(=O)N3CCN(c4cc5c(cc4F)c(=O)c(C(=O)[O-])cn5C4CC4)CC3)CSC12.[Na+].[Na+]. The monoisotopic (exact) mass is 754 g/mol. The summed E-state index contributed by atoms with van der Waals surface area (Å²) in [5.41, 5.74) is -0.697. The maximum Gasteiger partial charge on any atom is 1.00 e. The van der Waals surface area contributed by atoms with Crippen molar-refractivity contribution in [1.29, 1.82) is 0 Å². The van der Waals surface area contributed by atoms with Gasteiger partial charge in [-0.05, 0) is 42.0 Å². The van der Waals surface area contributed by atoms with Gasteiger partial charge in [0.25, 0.3) is 5.91 Å². The number of nitrogens with one attached hydrogen (secondary N) is 2. The fourth-order valence-corrected chi connectivity index (χ4v) is 8.50. The molecule has 2 atom stereocenters. The van der Waals surface area contributed by atoms with Crippen LogP contribution in [-0.4, -0.2) is 94.0 Å². The summed E-state index contributed by atoms with van der Waals surface area (Å²) in [7, 11) is 0. The van der Waals surface area contributed by atoms with Gasteiger partial charge in [-0.25, -0.2) is 9.18 Å². The number of anilines is 1. The summed E-state index contributed by atoms with van der Waals surface area (Å²) < 4.78 is 17.0. The maximum absolute atomic E-state index is 15.3. The molecule has 51 heavy (non-hydrogen) atoms. The molecule has 7 rings (SSSR count). The molecule has 2 unspecified atom stereocenters. The third-order valence-electron chi connectivity index (χ3n) is 9.09. The van der Waals surface area contributed by atoms with Gasteiger partial charge in [-0.3, -0.25) is 19.3 Å². The molecule has 2 N–H and O–H groups in total. The van der Waals surface area contributed by atoms with Crippen molar-refractivity contribution >= 4 is 69.5 Å². The van der Waals surface area contributed by atoms with Crippen molar-refractivity contribution in [3.05, 3.63) is 73.6 Å². The number of amides is 4. The Morgan fingerprint density at radius 1 is 1.00 bits per heavy atom. The van der Waals surface area contributed by atoms with E-state index < -0.39 is 52.1 Å². The number of β-lactam (4-membered cyclic amide) rings is 1. The van der Waals surface area contributed by atoms with Crippen LogP contribution >= 0.6 is 23.1 Å². The van der Waals surface area contributed by atoms with E-state index in [0.717, 1.165) is 28.7 Å². The summed E-state index contributed by atoms with van der Waals surface area (Å²) in [6, 6.07) is 4.89. The smallest absolute Gasteiger partial charge is 0.545 e. The molecular formula is C32H29FN6Na2O8S2. The number of carbonyl (C=O) groups excluding carboxylic acids is 5. The molecule has 2 saturated heterocycles. The van der Waals surface area contributed by atoms with E-state index in [4.69, 9.17) is 0 Å². The van der Waals surface area contributed by atoms with Crippen LogP contribution in [0, 0.1) is 5.82 Å². The fraction of sp³-hybridized carbons (Fsp3) is 0.375. The molecule has 19 heteroatoms. The first kappa shape index (κ1) is 39.3. The zero-order valence-corrected chi connectivity index (χ0v) is 33.4. The van der Waals surface area contributed by atoms with Crippen LogP contribution in [0.4, 0.5) is 14.9 Å². The van der Waals surface area contributed by atoms with Crippen molar-refractivity contribution in [3.63, 3.8) is 0 Å². The van der Waals surface area contributed by atoms with Gasteiger partial charge in [-0.2, -0.15) is 0 Å². The summed E-state index contributed by atoms with van der Waals surface area (Å²) in [6.07, 6.45) is 2.97. The third kappa shape index (κ3) is 7.76. The predicted molar refractivity (Wildman–Crippen MR) is 173 cm³/mol. The third-order valence-corrected chi connectivity index (χ3v) is 11.3. The number of aliphatic carboxylic acids is 1. The molecule has 3 aromatic rings. The number of carboxylic acids is 2. The number of piperazine rings is 1. The van der Waals surface area contributed by atoms with E-state index in [1.807, 2.05) is 17.5 Å². The number of nitrogens with zero attached hydrogens (tertiary/aromatic N) is 4. The molecule has 0 bridgehead atoms. The van der Waals surface area contributed by atoms with Crippen molar-refractivity contribution in [3.8, 4) is 0 Å². The molecule has 2 aromatic heterocycles. The Morgan fingerprint density at radius 2 is 1.73 bits per heavy atom. The maximum atomic E-state index is 15.3. The molecule has 1 saturated carbocycles. The summed E-state index contributed by atoms with van der Waals surface area (Å²) >= 11 is 2.70. The predicted octanol–water partition coefficient (Wildman–Crippen LogP) is -6.61. The van der Waals surface area contributed by atoms with Crippen LogP contribution in [-0.2, 0) is 20.8 Å². The first-order chi connectivity index (χ1) is 23.5. The van der Waals surface area contributed by atoms with E-state index in [9.17, 15) is 39.0 Å².